The molecule has 16 heavy (non-hydrogen) atoms. The van der Waals surface area contributed by atoms with Gasteiger partial charge in [-0.05, 0) is 27.9 Å². The van der Waals surface area contributed by atoms with Crippen LogP contribution in [0.1, 0.15) is 11.1 Å². The smallest absolute Gasteiger partial charge is 0.675 e. The minimum absolute atomic E-state index is 0. The summed E-state index contributed by atoms with van der Waals surface area (Å²) in [7, 11) is 2.60. The van der Waals surface area contributed by atoms with E-state index in [9.17, 15) is 0 Å². The Morgan fingerprint density at radius 1 is 1.06 bits per heavy atom. The van der Waals surface area contributed by atoms with Crippen LogP contribution in [0.25, 0.3) is 4.98 Å². The van der Waals surface area contributed by atoms with Crippen molar-refractivity contribution < 1.29 is 18.9 Å². The van der Waals surface area contributed by atoms with Gasteiger partial charge < -0.3 is 9.55 Å². The molecule has 4 heteroatoms. The Labute approximate surface area is 113 Å². The SMILES string of the molecule is Cc1cccc(C)c1[N-][Si](C)(C)N(C)C.[Li+]. The van der Waals surface area contributed by atoms with Crippen LogP contribution in [-0.2, 0) is 0 Å². The van der Waals surface area contributed by atoms with Gasteiger partial charge in [-0.3, -0.25) is 0 Å². The molecule has 1 aromatic carbocycles. The van der Waals surface area contributed by atoms with Crippen molar-refractivity contribution in [3.05, 3.63) is 34.3 Å². The number of aryl methyl sites for hydroxylation is 2. The molecule has 1 aromatic rings. The third-order valence-electron chi connectivity index (χ3n) is 2.92. The predicted molar refractivity (Wildman–Crippen MR) is 70.1 cm³/mol. The first-order valence-electron chi connectivity index (χ1n) is 5.31. The Morgan fingerprint density at radius 2 is 1.50 bits per heavy atom. The van der Waals surface area contributed by atoms with Crippen LogP contribution in [-0.4, -0.2) is 27.1 Å². The molecule has 0 radical (unpaired) electrons. The van der Waals surface area contributed by atoms with Crippen molar-refractivity contribution in [1.82, 2.24) is 4.57 Å². The van der Waals surface area contributed by atoms with Crippen molar-refractivity contribution >= 4 is 14.1 Å². The van der Waals surface area contributed by atoms with Gasteiger partial charge in [-0.2, -0.15) is 0 Å². The van der Waals surface area contributed by atoms with Crippen LogP contribution in [0.3, 0.4) is 0 Å². The van der Waals surface area contributed by atoms with Crippen LogP contribution < -0.4 is 18.9 Å². The zero-order chi connectivity index (χ0) is 11.6. The third-order valence-corrected chi connectivity index (χ3v) is 5.88. The maximum absolute atomic E-state index is 4.95. The van der Waals surface area contributed by atoms with E-state index >= 15 is 0 Å². The van der Waals surface area contributed by atoms with Gasteiger partial charge in [-0.1, -0.05) is 42.4 Å². The van der Waals surface area contributed by atoms with Crippen LogP contribution in [0.15, 0.2) is 18.2 Å². The van der Waals surface area contributed by atoms with Gasteiger partial charge in [0.2, 0.25) is 0 Å². The molecule has 0 aromatic heterocycles. The van der Waals surface area contributed by atoms with E-state index in [1.807, 2.05) is 0 Å². The van der Waals surface area contributed by atoms with E-state index in [-0.39, 0.29) is 18.9 Å². The van der Waals surface area contributed by atoms with Crippen LogP contribution in [0.2, 0.25) is 13.1 Å². The van der Waals surface area contributed by atoms with Crippen molar-refractivity contribution in [2.24, 2.45) is 0 Å². The number of nitrogens with zero attached hydrogens (tertiary/aromatic N) is 2. The molecule has 0 N–H and O–H groups in total. The van der Waals surface area contributed by atoms with Gasteiger partial charge in [0, 0.05) is 8.40 Å². The second kappa shape index (κ2) is 5.93. The summed E-state index contributed by atoms with van der Waals surface area (Å²) in [5.74, 6) is 0. The summed E-state index contributed by atoms with van der Waals surface area (Å²) in [6, 6.07) is 6.35. The van der Waals surface area contributed by atoms with Crippen molar-refractivity contribution in [2.75, 3.05) is 14.1 Å². The Morgan fingerprint density at radius 3 is 1.88 bits per heavy atom. The van der Waals surface area contributed by atoms with Gasteiger partial charge in [-0.25, -0.2) is 0 Å². The van der Waals surface area contributed by atoms with E-state index in [2.05, 4.69) is 63.8 Å². The summed E-state index contributed by atoms with van der Waals surface area (Å²) in [6.07, 6.45) is 0. The Bertz CT molecular complexity index is 331. The summed E-state index contributed by atoms with van der Waals surface area (Å²) in [5.41, 5.74) is 3.73. The predicted octanol–water partition coefficient (Wildman–Crippen LogP) is 0.576. The first kappa shape index (κ1) is 15.8. The molecular weight excluding hydrogens is 207 g/mol. The number of hydrogen-bond donors (Lipinski definition) is 0. The molecular formula is C12H21LiN2Si. The monoisotopic (exact) mass is 228 g/mol. The Kier molecular flexibility index (Phi) is 5.85. The number of rotatable bonds is 3. The molecule has 84 valence electrons. The van der Waals surface area contributed by atoms with Gasteiger partial charge in [0.1, 0.15) is 0 Å². The molecule has 0 aliphatic rings. The van der Waals surface area contributed by atoms with Gasteiger partial charge in [0.05, 0.1) is 0 Å². The molecule has 0 heterocycles. The summed E-state index contributed by atoms with van der Waals surface area (Å²) in [6.45, 7) is 8.79. The van der Waals surface area contributed by atoms with E-state index in [0.29, 0.717) is 0 Å². The fraction of sp³-hybridized carbons (Fsp3) is 0.500. The second-order valence-corrected chi connectivity index (χ2v) is 8.85. The zero-order valence-corrected chi connectivity index (χ0v) is 12.6. The molecule has 0 bridgehead atoms. The van der Waals surface area contributed by atoms with Gasteiger partial charge in [0.15, 0.2) is 0 Å². The minimum atomic E-state index is -1.63. The summed E-state index contributed by atoms with van der Waals surface area (Å²) in [5, 5.41) is 0. The van der Waals surface area contributed by atoms with Crippen LogP contribution >= 0.6 is 0 Å². The summed E-state index contributed by atoms with van der Waals surface area (Å²) >= 11 is 0. The van der Waals surface area contributed by atoms with E-state index in [1.54, 1.807) is 0 Å². The molecule has 0 spiro atoms. The van der Waals surface area contributed by atoms with Gasteiger partial charge >= 0.3 is 18.9 Å². The molecule has 0 unspecified atom stereocenters. The largest absolute Gasteiger partial charge is 1.00 e. The fourth-order valence-electron chi connectivity index (χ4n) is 1.36. The minimum Gasteiger partial charge on any atom is -0.675 e. The fourth-order valence-corrected chi connectivity index (χ4v) is 2.46. The second-order valence-electron chi connectivity index (χ2n) is 4.74. The third kappa shape index (κ3) is 3.67. The molecule has 0 aliphatic carbocycles. The van der Waals surface area contributed by atoms with Crippen LogP contribution in [0.4, 0.5) is 5.69 Å². The maximum atomic E-state index is 4.95. The molecule has 0 amide bonds. The maximum Gasteiger partial charge on any atom is 1.00 e. The molecule has 1 rings (SSSR count). The van der Waals surface area contributed by atoms with E-state index in [1.165, 1.54) is 16.8 Å². The average molecular weight is 228 g/mol. The first-order valence-corrected chi connectivity index (χ1v) is 8.20. The molecule has 0 saturated heterocycles. The summed E-state index contributed by atoms with van der Waals surface area (Å²) < 4.78 is 2.26. The Balaban J connectivity index is 0.00000225. The zero-order valence-electron chi connectivity index (χ0n) is 11.6. The van der Waals surface area contributed by atoms with Crippen LogP contribution in [0, 0.1) is 13.8 Å². The quantitative estimate of drug-likeness (QED) is 0.692. The van der Waals surface area contributed by atoms with Gasteiger partial charge in [-0.15, -0.1) is 5.69 Å². The van der Waals surface area contributed by atoms with E-state index in [4.69, 9.17) is 4.98 Å². The standard InChI is InChI=1S/C12H21N2Si.Li/c1-10-8-7-9-11(2)12(10)13-15(5,6)14(3)4;/h7-9H,1-6H3;/q-1;+1. The topological polar surface area (TPSA) is 17.3 Å². The van der Waals surface area contributed by atoms with Crippen LogP contribution in [0.5, 0.6) is 0 Å². The molecule has 0 saturated carbocycles. The molecule has 0 atom stereocenters. The normalized spacial score (nSPS) is 11.2. The van der Waals surface area contributed by atoms with E-state index < -0.39 is 8.40 Å². The van der Waals surface area contributed by atoms with Crippen molar-refractivity contribution in [2.45, 2.75) is 26.9 Å². The van der Waals surface area contributed by atoms with Crippen molar-refractivity contribution in [3.63, 3.8) is 0 Å². The van der Waals surface area contributed by atoms with E-state index in [0.717, 1.165) is 0 Å². The first-order chi connectivity index (χ1) is 6.84. The molecule has 0 aliphatic heterocycles. The number of benzene rings is 1. The number of hydrogen-bond acceptors (Lipinski definition) is 1. The van der Waals surface area contributed by atoms with Crippen molar-refractivity contribution in [3.8, 4) is 0 Å². The van der Waals surface area contributed by atoms with Crippen molar-refractivity contribution in [1.29, 1.82) is 0 Å². The van der Waals surface area contributed by atoms with Gasteiger partial charge in [0.25, 0.3) is 0 Å². The molecule has 0 fully saturated rings. The average Bonchev–Trinajstić information content (AvgIpc) is 2.11. The Hall–Kier alpha value is -0.206. The summed E-state index contributed by atoms with van der Waals surface area (Å²) in [4.78, 5) is 4.95. The molecule has 2 nitrogen and oxygen atoms in total.